The Labute approximate surface area is 251 Å². The number of nitrogens with zero attached hydrogens (tertiary/aromatic N) is 2. The number of ether oxygens (including phenoxy) is 1. The van der Waals surface area contributed by atoms with Gasteiger partial charge in [-0.15, -0.1) is 0 Å². The van der Waals surface area contributed by atoms with E-state index in [9.17, 15) is 13.2 Å². The van der Waals surface area contributed by atoms with Gasteiger partial charge >= 0.3 is 0 Å². The van der Waals surface area contributed by atoms with Gasteiger partial charge in [0.15, 0.2) is 5.69 Å². The molecule has 220 valence electrons. The second kappa shape index (κ2) is 10.1. The van der Waals surface area contributed by atoms with Crippen LogP contribution in [0.1, 0.15) is 56.2 Å². The van der Waals surface area contributed by atoms with Crippen LogP contribution in [-0.4, -0.2) is 30.7 Å². The van der Waals surface area contributed by atoms with Gasteiger partial charge in [-0.25, -0.2) is 18.2 Å². The van der Waals surface area contributed by atoms with Crippen LogP contribution >= 0.6 is 0 Å². The van der Waals surface area contributed by atoms with E-state index in [1.54, 1.807) is 22.9 Å². The van der Waals surface area contributed by atoms with E-state index in [4.69, 9.17) is 15.0 Å². The van der Waals surface area contributed by atoms with Crippen molar-refractivity contribution in [1.29, 1.82) is 0 Å². The van der Waals surface area contributed by atoms with E-state index >= 15 is 0 Å². The summed E-state index contributed by atoms with van der Waals surface area (Å²) in [5.74, 6) is 0.528. The topological polar surface area (TPSA) is 116 Å². The lowest BCUT2D eigenvalue weighted by Crippen LogP contribution is -2.19. The zero-order valence-electron chi connectivity index (χ0n) is 24.8. The third-order valence-electron chi connectivity index (χ3n) is 7.86. The van der Waals surface area contributed by atoms with Crippen LogP contribution in [-0.2, 0) is 20.9 Å². The van der Waals surface area contributed by atoms with Crippen LogP contribution in [0.5, 0.6) is 5.75 Å². The van der Waals surface area contributed by atoms with Crippen LogP contribution in [0.15, 0.2) is 89.8 Å². The van der Waals surface area contributed by atoms with Crippen molar-refractivity contribution in [2.45, 2.75) is 50.3 Å². The number of rotatable bonds is 5. The SMILES string of the molecule is CC(C)(C)c1cc(NC(=O)c2cc(-c3ccc4ccccc4c3)n(-c3ccc(S(N)(=O)=O)cc3)n2)cc2c1OCC2(C)C. The molecule has 5 aromatic rings. The molecule has 0 fully saturated rings. The lowest BCUT2D eigenvalue weighted by Gasteiger charge is -2.24. The molecule has 0 aliphatic carbocycles. The van der Waals surface area contributed by atoms with E-state index in [0.29, 0.717) is 23.7 Å². The highest BCUT2D eigenvalue weighted by Gasteiger charge is 2.36. The molecule has 0 unspecified atom stereocenters. The van der Waals surface area contributed by atoms with Crippen molar-refractivity contribution in [3.05, 3.63) is 102 Å². The third kappa shape index (κ3) is 5.42. The molecule has 1 aliphatic rings. The molecule has 1 aliphatic heterocycles. The monoisotopic (exact) mass is 594 g/mol. The Morgan fingerprint density at radius 3 is 2.33 bits per heavy atom. The molecule has 0 spiro atoms. The zero-order valence-corrected chi connectivity index (χ0v) is 25.6. The second-order valence-corrected chi connectivity index (χ2v) is 14.3. The first-order valence-corrected chi connectivity index (χ1v) is 15.6. The van der Waals surface area contributed by atoms with Gasteiger partial charge < -0.3 is 10.1 Å². The molecule has 8 nitrogen and oxygen atoms in total. The van der Waals surface area contributed by atoms with Crippen molar-refractivity contribution in [3.63, 3.8) is 0 Å². The van der Waals surface area contributed by atoms with E-state index in [1.165, 1.54) is 12.1 Å². The molecule has 3 N–H and O–H groups in total. The van der Waals surface area contributed by atoms with Crippen molar-refractivity contribution in [2.24, 2.45) is 5.14 Å². The molecular weight excluding hydrogens is 560 g/mol. The van der Waals surface area contributed by atoms with E-state index in [0.717, 1.165) is 33.2 Å². The number of nitrogens with two attached hydrogens (primary N) is 1. The largest absolute Gasteiger partial charge is 0.492 e. The van der Waals surface area contributed by atoms with Crippen molar-refractivity contribution in [3.8, 4) is 22.7 Å². The highest BCUT2D eigenvalue weighted by Crippen LogP contribution is 2.46. The van der Waals surface area contributed by atoms with Crippen molar-refractivity contribution < 1.29 is 17.9 Å². The molecule has 4 aromatic carbocycles. The van der Waals surface area contributed by atoms with E-state index < -0.39 is 10.0 Å². The van der Waals surface area contributed by atoms with E-state index in [-0.39, 0.29) is 27.3 Å². The van der Waals surface area contributed by atoms with Gasteiger partial charge in [0, 0.05) is 27.8 Å². The van der Waals surface area contributed by atoms with E-state index in [1.807, 2.05) is 54.6 Å². The number of fused-ring (bicyclic) bond motifs is 2. The maximum Gasteiger partial charge on any atom is 0.276 e. The first-order chi connectivity index (χ1) is 20.2. The minimum atomic E-state index is -3.86. The predicted molar refractivity (Wildman–Crippen MR) is 169 cm³/mol. The second-order valence-electron chi connectivity index (χ2n) is 12.7. The Bertz CT molecular complexity index is 2000. The summed E-state index contributed by atoms with van der Waals surface area (Å²) in [5.41, 5.74) is 4.71. The van der Waals surface area contributed by atoms with Gasteiger partial charge in [-0.2, -0.15) is 5.10 Å². The summed E-state index contributed by atoms with van der Waals surface area (Å²) in [5, 5.41) is 15.2. The Morgan fingerprint density at radius 2 is 1.65 bits per heavy atom. The van der Waals surface area contributed by atoms with Gasteiger partial charge in [0.25, 0.3) is 5.91 Å². The average Bonchev–Trinajstić information content (AvgIpc) is 3.53. The van der Waals surface area contributed by atoms with Gasteiger partial charge in [-0.3, -0.25) is 4.79 Å². The van der Waals surface area contributed by atoms with Gasteiger partial charge in [-0.05, 0) is 64.7 Å². The molecule has 0 bridgehead atoms. The minimum Gasteiger partial charge on any atom is -0.492 e. The molecule has 6 rings (SSSR count). The average molecular weight is 595 g/mol. The van der Waals surface area contributed by atoms with Gasteiger partial charge in [0.1, 0.15) is 5.75 Å². The number of sulfonamides is 1. The highest BCUT2D eigenvalue weighted by atomic mass is 32.2. The smallest absolute Gasteiger partial charge is 0.276 e. The number of aromatic nitrogens is 2. The minimum absolute atomic E-state index is 0.00760. The Morgan fingerprint density at radius 1 is 0.953 bits per heavy atom. The molecule has 43 heavy (non-hydrogen) atoms. The maximum atomic E-state index is 13.7. The van der Waals surface area contributed by atoms with Crippen LogP contribution in [0.3, 0.4) is 0 Å². The number of carbonyl (C=O) groups excluding carboxylic acids is 1. The van der Waals surface area contributed by atoms with Crippen LogP contribution in [0.25, 0.3) is 27.7 Å². The number of benzene rings is 4. The Hall–Kier alpha value is -4.47. The quantitative estimate of drug-likeness (QED) is 0.239. The Balaban J connectivity index is 1.43. The fourth-order valence-corrected chi connectivity index (χ4v) is 5.98. The molecule has 0 saturated heterocycles. The van der Waals surface area contributed by atoms with Crippen LogP contribution in [0.4, 0.5) is 5.69 Å². The fourth-order valence-electron chi connectivity index (χ4n) is 5.46. The summed E-state index contributed by atoms with van der Waals surface area (Å²) in [6.07, 6.45) is 0. The zero-order chi connectivity index (χ0) is 30.7. The maximum absolute atomic E-state index is 13.7. The predicted octanol–water partition coefficient (Wildman–Crippen LogP) is 6.56. The van der Waals surface area contributed by atoms with Gasteiger partial charge in [0.2, 0.25) is 10.0 Å². The van der Waals surface area contributed by atoms with Gasteiger partial charge in [0.05, 0.1) is 22.9 Å². The molecule has 0 atom stereocenters. The summed E-state index contributed by atoms with van der Waals surface area (Å²) in [7, 11) is -3.86. The Kier molecular flexibility index (Phi) is 6.71. The van der Waals surface area contributed by atoms with Crippen LogP contribution in [0.2, 0.25) is 0 Å². The summed E-state index contributed by atoms with van der Waals surface area (Å²) in [6, 6.07) is 25.9. The molecular formula is C34H34N4O4S. The van der Waals surface area contributed by atoms with Crippen LogP contribution in [0, 0.1) is 0 Å². The third-order valence-corrected chi connectivity index (χ3v) is 8.79. The molecule has 0 saturated carbocycles. The lowest BCUT2D eigenvalue weighted by atomic mass is 9.80. The van der Waals surface area contributed by atoms with Crippen LogP contribution < -0.4 is 15.2 Å². The number of primary sulfonamides is 1. The van der Waals surface area contributed by atoms with Gasteiger partial charge in [-0.1, -0.05) is 71.0 Å². The number of amides is 1. The van der Waals surface area contributed by atoms with E-state index in [2.05, 4.69) is 39.9 Å². The normalized spacial score (nSPS) is 14.4. The lowest BCUT2D eigenvalue weighted by molar-refractivity contribution is 0.102. The highest BCUT2D eigenvalue weighted by molar-refractivity contribution is 7.89. The first-order valence-electron chi connectivity index (χ1n) is 14.1. The summed E-state index contributed by atoms with van der Waals surface area (Å²) >= 11 is 0. The van der Waals surface area contributed by atoms with Crippen molar-refractivity contribution in [2.75, 3.05) is 11.9 Å². The molecule has 1 aromatic heterocycles. The summed E-state index contributed by atoms with van der Waals surface area (Å²) < 4.78 is 31.5. The van der Waals surface area contributed by atoms with Crippen molar-refractivity contribution in [1.82, 2.24) is 9.78 Å². The van der Waals surface area contributed by atoms with Crippen molar-refractivity contribution >= 4 is 32.4 Å². The number of anilines is 1. The molecule has 9 heteroatoms. The summed E-state index contributed by atoms with van der Waals surface area (Å²) in [6.45, 7) is 11.2. The first kappa shape index (κ1) is 28.6. The standard InChI is InChI=1S/C34H34N4O4S/c1-33(2,3)27-17-24(18-28-31(27)42-20-34(28,4)5)36-32(39)29-19-30(23-11-10-21-8-6-7-9-22(21)16-23)38(37-29)25-12-14-26(15-13-25)43(35,40)41/h6-19H,20H2,1-5H3,(H,36,39)(H2,35,40,41). The number of hydrogen-bond donors (Lipinski definition) is 2. The molecule has 1 amide bonds. The number of carbonyl (C=O) groups is 1. The molecule has 0 radical (unpaired) electrons. The summed E-state index contributed by atoms with van der Waals surface area (Å²) in [4.78, 5) is 13.7. The fraction of sp³-hybridized carbons (Fsp3) is 0.235. The number of hydrogen-bond acceptors (Lipinski definition) is 5. The molecule has 2 heterocycles. The number of nitrogens with one attached hydrogen (secondary N) is 1.